The van der Waals surface area contributed by atoms with Gasteiger partial charge < -0.3 is 9.84 Å². The Balaban J connectivity index is 1.68. The van der Waals surface area contributed by atoms with E-state index in [0.29, 0.717) is 30.4 Å². The Bertz CT molecular complexity index is 543. The predicted octanol–water partition coefficient (Wildman–Crippen LogP) is 2.84. The maximum absolute atomic E-state index is 11.5. The monoisotopic (exact) mass is 303 g/mol. The SMILES string of the molecule is CCC(=O)CCCN1CCO[C@@H]2c3cc(O)ccc3CC[C@H]21. The average molecular weight is 303 g/mol. The van der Waals surface area contributed by atoms with Crippen molar-refractivity contribution in [3.63, 3.8) is 0 Å². The lowest BCUT2D eigenvalue weighted by molar-refractivity contribution is -0.119. The highest BCUT2D eigenvalue weighted by molar-refractivity contribution is 5.77. The first-order valence-electron chi connectivity index (χ1n) is 8.38. The topological polar surface area (TPSA) is 49.8 Å². The Morgan fingerprint density at radius 1 is 1.45 bits per heavy atom. The summed E-state index contributed by atoms with van der Waals surface area (Å²) in [5.41, 5.74) is 2.44. The number of carbonyl (C=O) groups is 1. The van der Waals surface area contributed by atoms with E-state index < -0.39 is 0 Å². The number of rotatable bonds is 5. The third-order valence-electron chi connectivity index (χ3n) is 4.94. The Labute approximate surface area is 132 Å². The number of carbonyl (C=O) groups excluding carboxylic acids is 1. The predicted molar refractivity (Wildman–Crippen MR) is 85.0 cm³/mol. The van der Waals surface area contributed by atoms with Crippen LogP contribution >= 0.6 is 0 Å². The van der Waals surface area contributed by atoms with Crippen LogP contribution in [0.25, 0.3) is 0 Å². The first-order chi connectivity index (χ1) is 10.7. The minimum absolute atomic E-state index is 0.0616. The molecule has 1 aliphatic carbocycles. The maximum Gasteiger partial charge on any atom is 0.132 e. The number of morpholine rings is 1. The zero-order valence-electron chi connectivity index (χ0n) is 13.3. The number of aromatic hydroxyl groups is 1. The van der Waals surface area contributed by atoms with Crippen molar-refractivity contribution in [2.75, 3.05) is 19.7 Å². The van der Waals surface area contributed by atoms with Crippen molar-refractivity contribution in [1.29, 1.82) is 0 Å². The van der Waals surface area contributed by atoms with Gasteiger partial charge >= 0.3 is 0 Å². The molecule has 1 saturated heterocycles. The van der Waals surface area contributed by atoms with Gasteiger partial charge in [0.15, 0.2) is 0 Å². The van der Waals surface area contributed by atoms with Crippen molar-refractivity contribution in [1.82, 2.24) is 4.90 Å². The second kappa shape index (κ2) is 6.80. The molecule has 1 aliphatic heterocycles. The van der Waals surface area contributed by atoms with Gasteiger partial charge in [0.2, 0.25) is 0 Å². The molecule has 0 radical (unpaired) electrons. The number of ketones is 1. The smallest absolute Gasteiger partial charge is 0.132 e. The minimum Gasteiger partial charge on any atom is -0.508 e. The van der Waals surface area contributed by atoms with Crippen LogP contribution in [0.15, 0.2) is 18.2 Å². The molecule has 22 heavy (non-hydrogen) atoms. The van der Waals surface area contributed by atoms with Crippen LogP contribution in [0.3, 0.4) is 0 Å². The van der Waals surface area contributed by atoms with Crippen molar-refractivity contribution in [3.05, 3.63) is 29.3 Å². The van der Waals surface area contributed by atoms with Crippen LogP contribution in [0, 0.1) is 0 Å². The quantitative estimate of drug-likeness (QED) is 0.909. The molecule has 0 amide bonds. The summed E-state index contributed by atoms with van der Waals surface area (Å²) in [6.07, 6.45) is 4.44. The lowest BCUT2D eigenvalue weighted by Gasteiger charge is -2.44. The van der Waals surface area contributed by atoms with Gasteiger partial charge in [-0.2, -0.15) is 0 Å². The van der Waals surface area contributed by atoms with E-state index in [9.17, 15) is 9.90 Å². The number of phenols is 1. The highest BCUT2D eigenvalue weighted by Gasteiger charge is 2.37. The van der Waals surface area contributed by atoms with E-state index in [1.807, 2.05) is 19.1 Å². The lowest BCUT2D eigenvalue weighted by Crippen LogP contribution is -2.49. The molecule has 1 fully saturated rings. The van der Waals surface area contributed by atoms with Gasteiger partial charge in [-0.1, -0.05) is 13.0 Å². The molecule has 2 atom stereocenters. The number of Topliss-reactive ketones (excluding diaryl/α,β-unsaturated/α-hetero) is 1. The van der Waals surface area contributed by atoms with Crippen molar-refractivity contribution in [2.24, 2.45) is 0 Å². The Morgan fingerprint density at radius 2 is 2.32 bits per heavy atom. The highest BCUT2D eigenvalue weighted by atomic mass is 16.5. The number of hydrogen-bond acceptors (Lipinski definition) is 4. The Hall–Kier alpha value is -1.39. The van der Waals surface area contributed by atoms with E-state index in [2.05, 4.69) is 4.90 Å². The molecule has 1 heterocycles. The molecular weight excluding hydrogens is 278 g/mol. The summed E-state index contributed by atoms with van der Waals surface area (Å²) < 4.78 is 6.02. The van der Waals surface area contributed by atoms with Crippen LogP contribution < -0.4 is 0 Å². The lowest BCUT2D eigenvalue weighted by atomic mass is 9.84. The van der Waals surface area contributed by atoms with Crippen LogP contribution in [0.4, 0.5) is 0 Å². The van der Waals surface area contributed by atoms with Crippen LogP contribution in [-0.2, 0) is 16.0 Å². The van der Waals surface area contributed by atoms with Crippen molar-refractivity contribution < 1.29 is 14.6 Å². The summed E-state index contributed by atoms with van der Waals surface area (Å²) in [7, 11) is 0. The molecule has 1 N–H and O–H groups in total. The van der Waals surface area contributed by atoms with E-state index in [0.717, 1.165) is 44.5 Å². The average Bonchev–Trinajstić information content (AvgIpc) is 2.54. The summed E-state index contributed by atoms with van der Waals surface area (Å²) in [4.78, 5) is 13.9. The molecule has 2 aliphatic rings. The third-order valence-corrected chi connectivity index (χ3v) is 4.94. The summed E-state index contributed by atoms with van der Waals surface area (Å²) in [6.45, 7) is 4.55. The normalized spacial score (nSPS) is 24.6. The van der Waals surface area contributed by atoms with Crippen LogP contribution in [0.2, 0.25) is 0 Å². The summed E-state index contributed by atoms with van der Waals surface area (Å²) in [6, 6.07) is 6.01. The van der Waals surface area contributed by atoms with E-state index in [1.54, 1.807) is 6.07 Å². The minimum atomic E-state index is 0.0616. The molecular formula is C18H25NO3. The third kappa shape index (κ3) is 3.18. The van der Waals surface area contributed by atoms with Gasteiger partial charge in [0.25, 0.3) is 0 Å². The molecule has 0 saturated carbocycles. The second-order valence-corrected chi connectivity index (χ2v) is 6.31. The molecule has 1 aromatic carbocycles. The number of hydrogen-bond donors (Lipinski definition) is 1. The number of benzene rings is 1. The van der Waals surface area contributed by atoms with E-state index in [-0.39, 0.29) is 6.10 Å². The Morgan fingerprint density at radius 3 is 3.14 bits per heavy atom. The summed E-state index contributed by atoms with van der Waals surface area (Å²) in [5.74, 6) is 0.664. The van der Waals surface area contributed by atoms with Gasteiger partial charge in [0.05, 0.1) is 12.7 Å². The maximum atomic E-state index is 11.5. The molecule has 1 aromatic rings. The van der Waals surface area contributed by atoms with Crippen molar-refractivity contribution in [3.8, 4) is 5.75 Å². The number of ether oxygens (including phenoxy) is 1. The number of nitrogens with zero attached hydrogens (tertiary/aromatic N) is 1. The molecule has 0 bridgehead atoms. The van der Waals surface area contributed by atoms with E-state index in [1.165, 1.54) is 5.56 Å². The van der Waals surface area contributed by atoms with Crippen molar-refractivity contribution >= 4 is 5.78 Å². The van der Waals surface area contributed by atoms with Gasteiger partial charge in [-0.25, -0.2) is 0 Å². The fraction of sp³-hybridized carbons (Fsp3) is 0.611. The molecule has 4 nitrogen and oxygen atoms in total. The first-order valence-corrected chi connectivity index (χ1v) is 8.38. The Kier molecular flexibility index (Phi) is 4.79. The molecule has 120 valence electrons. The molecule has 3 rings (SSSR count). The van der Waals surface area contributed by atoms with Crippen LogP contribution in [0.1, 0.15) is 49.8 Å². The molecule has 0 unspecified atom stereocenters. The zero-order chi connectivity index (χ0) is 15.5. The van der Waals surface area contributed by atoms with Crippen molar-refractivity contribution in [2.45, 2.75) is 51.2 Å². The van der Waals surface area contributed by atoms with Gasteiger partial charge in [-0.05, 0) is 49.1 Å². The highest BCUT2D eigenvalue weighted by Crippen LogP contribution is 2.39. The zero-order valence-corrected chi connectivity index (χ0v) is 13.3. The van der Waals surface area contributed by atoms with Crippen LogP contribution in [0.5, 0.6) is 5.75 Å². The number of fused-ring (bicyclic) bond motifs is 3. The number of phenolic OH excluding ortho intramolecular Hbond substituents is 1. The second-order valence-electron chi connectivity index (χ2n) is 6.31. The van der Waals surface area contributed by atoms with E-state index in [4.69, 9.17) is 4.74 Å². The van der Waals surface area contributed by atoms with Gasteiger partial charge in [0, 0.05) is 25.4 Å². The largest absolute Gasteiger partial charge is 0.508 e. The molecule has 0 spiro atoms. The van der Waals surface area contributed by atoms with Gasteiger partial charge in [0.1, 0.15) is 11.5 Å². The first kappa shape index (κ1) is 15.5. The molecule has 0 aromatic heterocycles. The summed E-state index contributed by atoms with van der Waals surface area (Å²) >= 11 is 0. The summed E-state index contributed by atoms with van der Waals surface area (Å²) in [5, 5.41) is 9.77. The fourth-order valence-corrected chi connectivity index (χ4v) is 3.71. The van der Waals surface area contributed by atoms with Crippen LogP contribution in [-0.4, -0.2) is 41.5 Å². The number of aryl methyl sites for hydroxylation is 1. The van der Waals surface area contributed by atoms with Gasteiger partial charge in [-0.3, -0.25) is 9.69 Å². The van der Waals surface area contributed by atoms with Gasteiger partial charge in [-0.15, -0.1) is 0 Å². The molecule has 4 heteroatoms. The van der Waals surface area contributed by atoms with E-state index >= 15 is 0 Å². The standard InChI is InChI=1S/C18H25NO3/c1-2-14(20)4-3-9-19-10-11-22-18-16-12-15(21)7-5-13(16)6-8-17(18)19/h5,7,12,17-18,21H,2-4,6,8-11H2,1H3/t17-,18-/m1/s1. The fourth-order valence-electron chi connectivity index (χ4n) is 3.71.